The number of amides is 1. The number of likely N-dealkylation sites (tertiary alicyclic amines) is 1. The number of ether oxygens (including phenoxy) is 1. The maximum atomic E-state index is 13.3. The molecule has 3 aromatic rings. The summed E-state index contributed by atoms with van der Waals surface area (Å²) in [5.74, 6) is 1.81. The van der Waals surface area contributed by atoms with Crippen LogP contribution < -0.4 is 10.0 Å². The highest BCUT2D eigenvalue weighted by Gasteiger charge is 2.33. The molecule has 3 unspecified atom stereocenters. The molecule has 1 amide bonds. The lowest BCUT2D eigenvalue weighted by molar-refractivity contribution is -0.138. The summed E-state index contributed by atoms with van der Waals surface area (Å²) in [5.41, 5.74) is 3.12. The first-order valence-electron chi connectivity index (χ1n) is 10.1. The molecule has 150 valence electrons. The fourth-order valence-electron chi connectivity index (χ4n) is 4.50. The summed E-state index contributed by atoms with van der Waals surface area (Å²) in [4.78, 5) is 24.0. The molecule has 2 aromatic heterocycles. The second-order valence-electron chi connectivity index (χ2n) is 8.00. The molecular weight excluding hydrogens is 385 g/mol. The smallest absolute Gasteiger partial charge is 0.252 e. The van der Waals surface area contributed by atoms with Gasteiger partial charge >= 0.3 is 0 Å². The Hall–Kier alpha value is -2.53. The predicted octanol–water partition coefficient (Wildman–Crippen LogP) is 1.89. The van der Waals surface area contributed by atoms with Gasteiger partial charge in [0, 0.05) is 24.7 Å². The molecule has 1 fully saturated rings. The highest BCUT2D eigenvalue weighted by Crippen LogP contribution is 2.31. The Labute approximate surface area is 171 Å². The quantitative estimate of drug-likeness (QED) is 0.605. The lowest BCUT2D eigenvalue weighted by Gasteiger charge is -2.36. The van der Waals surface area contributed by atoms with Crippen molar-refractivity contribution in [2.45, 2.75) is 32.1 Å². The third kappa shape index (κ3) is 3.48. The van der Waals surface area contributed by atoms with Gasteiger partial charge in [-0.1, -0.05) is 6.07 Å². The van der Waals surface area contributed by atoms with E-state index in [-0.39, 0.29) is 17.7 Å². The standard InChI is InChI=1S/C21H24N5O2P/c1-13-7-18(26-21(24-13)22-12-23-26)14-3-2-6-25(10-14)20(27)16-8-15-9-17(29)4-5-19(15)28-11-16/h4-5,7,9,12,14,16H,2-3,6,8,10-11,29H2,1H3. The molecule has 7 nitrogen and oxygen atoms in total. The largest absolute Gasteiger partial charge is 0.492 e. The average molecular weight is 409 g/mol. The fourth-order valence-corrected chi connectivity index (χ4v) is 4.80. The molecule has 2 aliphatic rings. The van der Waals surface area contributed by atoms with E-state index in [4.69, 9.17) is 4.74 Å². The number of fused-ring (bicyclic) bond motifs is 2. The number of benzene rings is 1. The summed E-state index contributed by atoms with van der Waals surface area (Å²) < 4.78 is 7.70. The lowest BCUT2D eigenvalue weighted by atomic mass is 9.91. The van der Waals surface area contributed by atoms with Crippen LogP contribution in [0.1, 0.15) is 35.7 Å². The summed E-state index contributed by atoms with van der Waals surface area (Å²) in [5, 5.41) is 5.46. The third-order valence-corrected chi connectivity index (χ3v) is 6.26. The molecule has 0 aliphatic carbocycles. The van der Waals surface area contributed by atoms with Gasteiger partial charge in [0.05, 0.1) is 11.6 Å². The predicted molar refractivity (Wildman–Crippen MR) is 113 cm³/mol. The van der Waals surface area contributed by atoms with Gasteiger partial charge in [0.1, 0.15) is 18.7 Å². The normalized spacial score (nSPS) is 21.7. The minimum absolute atomic E-state index is 0.126. The zero-order valence-electron chi connectivity index (χ0n) is 16.4. The molecule has 5 rings (SSSR count). The van der Waals surface area contributed by atoms with Crippen LogP contribution in [-0.2, 0) is 11.2 Å². The Morgan fingerprint density at radius 2 is 2.21 bits per heavy atom. The van der Waals surface area contributed by atoms with Crippen molar-refractivity contribution < 1.29 is 9.53 Å². The number of hydrogen-bond donors (Lipinski definition) is 0. The number of hydrogen-bond acceptors (Lipinski definition) is 5. The summed E-state index contributed by atoms with van der Waals surface area (Å²) in [6.07, 6.45) is 4.28. The molecular formula is C21H24N5O2P. The van der Waals surface area contributed by atoms with E-state index in [0.717, 1.165) is 53.8 Å². The van der Waals surface area contributed by atoms with E-state index in [2.05, 4.69) is 36.4 Å². The van der Waals surface area contributed by atoms with Gasteiger partial charge in [0.25, 0.3) is 5.78 Å². The summed E-state index contributed by atoms with van der Waals surface area (Å²) in [7, 11) is 2.71. The molecule has 1 saturated heterocycles. The van der Waals surface area contributed by atoms with E-state index in [9.17, 15) is 4.79 Å². The van der Waals surface area contributed by atoms with Crippen LogP contribution in [0.15, 0.2) is 30.6 Å². The zero-order chi connectivity index (χ0) is 20.0. The van der Waals surface area contributed by atoms with Crippen molar-refractivity contribution in [2.75, 3.05) is 19.7 Å². The van der Waals surface area contributed by atoms with Crippen LogP contribution in [-0.4, -0.2) is 50.1 Å². The van der Waals surface area contributed by atoms with Crippen LogP contribution in [0.4, 0.5) is 0 Å². The molecule has 1 aromatic carbocycles. The van der Waals surface area contributed by atoms with E-state index >= 15 is 0 Å². The van der Waals surface area contributed by atoms with Crippen molar-refractivity contribution in [2.24, 2.45) is 5.92 Å². The van der Waals surface area contributed by atoms with Crippen LogP contribution >= 0.6 is 9.24 Å². The fraction of sp³-hybridized carbons (Fsp3) is 0.429. The molecule has 29 heavy (non-hydrogen) atoms. The summed E-state index contributed by atoms with van der Waals surface area (Å²) in [6, 6.07) is 8.17. The van der Waals surface area contributed by atoms with Gasteiger partial charge in [0.2, 0.25) is 5.91 Å². The number of rotatable bonds is 2. The highest BCUT2D eigenvalue weighted by molar-refractivity contribution is 7.27. The third-order valence-electron chi connectivity index (χ3n) is 5.90. The number of carbonyl (C=O) groups excluding carboxylic acids is 1. The Bertz CT molecular complexity index is 1080. The van der Waals surface area contributed by atoms with Crippen molar-refractivity contribution in [1.29, 1.82) is 0 Å². The first-order chi connectivity index (χ1) is 14.1. The van der Waals surface area contributed by atoms with Crippen LogP contribution in [0, 0.1) is 12.8 Å². The van der Waals surface area contributed by atoms with E-state index in [1.807, 2.05) is 28.5 Å². The lowest BCUT2D eigenvalue weighted by Crippen LogP contribution is -2.45. The topological polar surface area (TPSA) is 72.6 Å². The molecule has 0 spiro atoms. The molecule has 0 saturated carbocycles. The molecule has 0 N–H and O–H groups in total. The van der Waals surface area contributed by atoms with Crippen LogP contribution in [0.5, 0.6) is 5.75 Å². The second-order valence-corrected chi connectivity index (χ2v) is 8.66. The van der Waals surface area contributed by atoms with Gasteiger partial charge < -0.3 is 9.64 Å². The molecule has 4 heterocycles. The van der Waals surface area contributed by atoms with E-state index in [0.29, 0.717) is 18.9 Å². The van der Waals surface area contributed by atoms with Gasteiger partial charge in [0.15, 0.2) is 0 Å². The van der Waals surface area contributed by atoms with Gasteiger partial charge in [-0.3, -0.25) is 4.79 Å². The van der Waals surface area contributed by atoms with Crippen molar-refractivity contribution in [1.82, 2.24) is 24.5 Å². The average Bonchev–Trinajstić information content (AvgIpc) is 3.20. The van der Waals surface area contributed by atoms with Crippen molar-refractivity contribution >= 4 is 26.2 Å². The number of aromatic nitrogens is 4. The van der Waals surface area contributed by atoms with Crippen molar-refractivity contribution in [3.63, 3.8) is 0 Å². The number of piperidine rings is 1. The SMILES string of the molecule is Cc1cc(C2CCCN(C(=O)C3COc4ccc(P)cc4C3)C2)n2ncnc2n1. The number of aryl methyl sites for hydroxylation is 1. The first kappa shape index (κ1) is 18.5. The number of carbonyl (C=O) groups is 1. The van der Waals surface area contributed by atoms with Crippen LogP contribution in [0.2, 0.25) is 0 Å². The maximum absolute atomic E-state index is 13.3. The zero-order valence-corrected chi connectivity index (χ0v) is 17.6. The Morgan fingerprint density at radius 1 is 1.31 bits per heavy atom. The first-order valence-corrected chi connectivity index (χ1v) is 10.6. The maximum Gasteiger partial charge on any atom is 0.252 e. The minimum atomic E-state index is -0.126. The summed E-state index contributed by atoms with van der Waals surface area (Å²) >= 11 is 0. The molecule has 3 atom stereocenters. The van der Waals surface area contributed by atoms with Crippen LogP contribution in [0.25, 0.3) is 5.78 Å². The number of nitrogens with zero attached hydrogens (tertiary/aromatic N) is 5. The minimum Gasteiger partial charge on any atom is -0.492 e. The van der Waals surface area contributed by atoms with Gasteiger partial charge in [-0.25, -0.2) is 9.50 Å². The van der Waals surface area contributed by atoms with E-state index in [1.54, 1.807) is 0 Å². The Kier molecular flexibility index (Phi) is 4.70. The molecule has 0 radical (unpaired) electrons. The van der Waals surface area contributed by atoms with Crippen molar-refractivity contribution in [3.8, 4) is 5.75 Å². The summed E-state index contributed by atoms with van der Waals surface area (Å²) in [6.45, 7) is 3.92. The van der Waals surface area contributed by atoms with E-state index < -0.39 is 0 Å². The Morgan fingerprint density at radius 3 is 3.10 bits per heavy atom. The molecule has 2 aliphatic heterocycles. The van der Waals surface area contributed by atoms with E-state index in [1.165, 1.54) is 6.33 Å². The van der Waals surface area contributed by atoms with Crippen molar-refractivity contribution in [3.05, 3.63) is 47.5 Å². The van der Waals surface area contributed by atoms with Crippen LogP contribution in [0.3, 0.4) is 0 Å². The molecule has 0 bridgehead atoms. The second kappa shape index (κ2) is 7.38. The van der Waals surface area contributed by atoms with Gasteiger partial charge in [-0.15, -0.1) is 9.24 Å². The highest BCUT2D eigenvalue weighted by atomic mass is 31.0. The monoisotopic (exact) mass is 409 g/mol. The van der Waals surface area contributed by atoms with Gasteiger partial charge in [-0.05, 0) is 55.3 Å². The van der Waals surface area contributed by atoms with Gasteiger partial charge in [-0.2, -0.15) is 10.1 Å². The Balaban J connectivity index is 1.35. The molecule has 8 heteroatoms.